The number of anilines is 2. The van der Waals surface area contributed by atoms with Crippen LogP contribution in [0.25, 0.3) is 16.6 Å². The number of nitrogens with zero attached hydrogens (tertiary/aromatic N) is 6. The first-order valence-electron chi connectivity index (χ1n) is 11.1. The number of methoxy groups -OCH3 is 2. The number of nitrogens with two attached hydrogens (primary N) is 1. The average Bonchev–Trinajstić information content (AvgIpc) is 3.31. The van der Waals surface area contributed by atoms with Gasteiger partial charge in [0.2, 0.25) is 5.95 Å². The van der Waals surface area contributed by atoms with Crippen LogP contribution in [0.3, 0.4) is 0 Å². The maximum atomic E-state index is 12.8. The molecule has 0 aliphatic carbocycles. The summed E-state index contributed by atoms with van der Waals surface area (Å²) in [7, 11) is 3.13. The Morgan fingerprint density at radius 1 is 0.946 bits per heavy atom. The molecule has 3 N–H and O–H groups in total. The number of hydrogen-bond donors (Lipinski definition) is 2. The summed E-state index contributed by atoms with van der Waals surface area (Å²) >= 11 is 0. The molecule has 37 heavy (non-hydrogen) atoms. The summed E-state index contributed by atoms with van der Waals surface area (Å²) in [5.74, 6) is 2.26. The van der Waals surface area contributed by atoms with Crippen molar-refractivity contribution < 1.29 is 19.0 Å². The predicted octanol–water partition coefficient (Wildman–Crippen LogP) is 3.56. The Balaban J connectivity index is 1.32. The SMILES string of the molecule is COc1cc2nccc(Oc3ccc(NC(=O)c4nn(-c5cnc(N)nc5)cc4C)nc3)c2cc1OC. The summed E-state index contributed by atoms with van der Waals surface area (Å²) in [5, 5.41) is 7.83. The Kier molecular flexibility index (Phi) is 6.20. The smallest absolute Gasteiger partial charge is 0.277 e. The van der Waals surface area contributed by atoms with E-state index in [1.54, 1.807) is 63.9 Å². The number of pyridine rings is 2. The van der Waals surface area contributed by atoms with Crippen LogP contribution in [0.15, 0.2) is 61.3 Å². The van der Waals surface area contributed by atoms with Crippen LogP contribution in [-0.4, -0.2) is 49.8 Å². The zero-order valence-corrected chi connectivity index (χ0v) is 20.2. The number of ether oxygens (including phenoxy) is 3. The van der Waals surface area contributed by atoms with Gasteiger partial charge in [0.05, 0.1) is 38.3 Å². The lowest BCUT2D eigenvalue weighted by Crippen LogP contribution is -2.15. The van der Waals surface area contributed by atoms with Crippen molar-refractivity contribution in [3.63, 3.8) is 0 Å². The Labute approximate surface area is 211 Å². The first-order valence-corrected chi connectivity index (χ1v) is 11.1. The van der Waals surface area contributed by atoms with Gasteiger partial charge in [-0.05, 0) is 31.2 Å². The number of carbonyl (C=O) groups excluding carboxylic acids is 1. The van der Waals surface area contributed by atoms with Crippen molar-refractivity contribution in [2.45, 2.75) is 6.92 Å². The lowest BCUT2D eigenvalue weighted by Gasteiger charge is -2.12. The first kappa shape index (κ1) is 23.5. The van der Waals surface area contributed by atoms with Gasteiger partial charge in [-0.25, -0.2) is 19.6 Å². The maximum absolute atomic E-state index is 12.8. The van der Waals surface area contributed by atoms with Gasteiger partial charge in [-0.3, -0.25) is 9.78 Å². The molecular weight excluding hydrogens is 476 g/mol. The zero-order chi connectivity index (χ0) is 25.9. The van der Waals surface area contributed by atoms with Crippen molar-refractivity contribution in [3.8, 4) is 28.7 Å². The predicted molar refractivity (Wildman–Crippen MR) is 135 cm³/mol. The zero-order valence-electron chi connectivity index (χ0n) is 20.2. The van der Waals surface area contributed by atoms with E-state index in [1.165, 1.54) is 23.3 Å². The highest BCUT2D eigenvalue weighted by atomic mass is 16.5. The molecule has 0 bridgehead atoms. The second-order valence-corrected chi connectivity index (χ2v) is 7.87. The molecule has 12 nitrogen and oxygen atoms in total. The fourth-order valence-corrected chi connectivity index (χ4v) is 3.62. The van der Waals surface area contributed by atoms with Crippen LogP contribution in [0.2, 0.25) is 0 Å². The highest BCUT2D eigenvalue weighted by molar-refractivity contribution is 6.03. The summed E-state index contributed by atoms with van der Waals surface area (Å²) < 4.78 is 18.3. The number of nitrogens with one attached hydrogen (secondary N) is 1. The molecule has 5 aromatic rings. The molecule has 186 valence electrons. The molecule has 0 aliphatic heterocycles. The molecule has 0 spiro atoms. The Morgan fingerprint density at radius 3 is 2.41 bits per heavy atom. The van der Waals surface area contributed by atoms with Gasteiger partial charge >= 0.3 is 0 Å². The molecule has 0 aliphatic rings. The largest absolute Gasteiger partial charge is 0.493 e. The van der Waals surface area contributed by atoms with Crippen LogP contribution in [0, 0.1) is 6.92 Å². The Bertz CT molecular complexity index is 1580. The number of rotatable bonds is 7. The number of benzene rings is 1. The van der Waals surface area contributed by atoms with Gasteiger partial charge in [0.1, 0.15) is 23.0 Å². The lowest BCUT2D eigenvalue weighted by atomic mass is 10.2. The van der Waals surface area contributed by atoms with Gasteiger partial charge in [0.25, 0.3) is 5.91 Å². The van der Waals surface area contributed by atoms with E-state index >= 15 is 0 Å². The molecular formula is C25H22N8O4. The number of aromatic nitrogens is 6. The second-order valence-electron chi connectivity index (χ2n) is 7.87. The van der Waals surface area contributed by atoms with Crippen molar-refractivity contribution in [3.05, 3.63) is 72.6 Å². The minimum Gasteiger partial charge on any atom is -0.493 e. The van der Waals surface area contributed by atoms with Gasteiger partial charge < -0.3 is 25.3 Å². The van der Waals surface area contributed by atoms with E-state index in [1.807, 2.05) is 0 Å². The van der Waals surface area contributed by atoms with E-state index in [2.05, 4.69) is 30.4 Å². The Morgan fingerprint density at radius 2 is 1.70 bits per heavy atom. The molecule has 0 saturated heterocycles. The molecule has 0 fully saturated rings. The van der Waals surface area contributed by atoms with E-state index in [0.717, 1.165) is 5.39 Å². The average molecular weight is 499 g/mol. The van der Waals surface area contributed by atoms with Crippen LogP contribution in [0.5, 0.6) is 23.0 Å². The van der Waals surface area contributed by atoms with Crippen molar-refractivity contribution in [1.82, 2.24) is 29.7 Å². The van der Waals surface area contributed by atoms with Gasteiger partial charge in [-0.1, -0.05) is 0 Å². The third-order valence-electron chi connectivity index (χ3n) is 5.45. The van der Waals surface area contributed by atoms with E-state index < -0.39 is 5.91 Å². The molecule has 4 aromatic heterocycles. The highest BCUT2D eigenvalue weighted by Gasteiger charge is 2.16. The molecule has 1 aromatic carbocycles. The summed E-state index contributed by atoms with van der Waals surface area (Å²) in [4.78, 5) is 29.4. The number of aryl methyl sites for hydroxylation is 1. The van der Waals surface area contributed by atoms with Crippen LogP contribution >= 0.6 is 0 Å². The summed E-state index contributed by atoms with van der Waals surface area (Å²) in [5.41, 5.74) is 7.71. The normalized spacial score (nSPS) is 10.8. The number of carbonyl (C=O) groups is 1. The number of nitrogen functional groups attached to an aromatic ring is 1. The van der Waals surface area contributed by atoms with Crippen LogP contribution in [0.1, 0.15) is 16.1 Å². The third-order valence-corrected chi connectivity index (χ3v) is 5.45. The van der Waals surface area contributed by atoms with Crippen LogP contribution in [0.4, 0.5) is 11.8 Å². The first-order chi connectivity index (χ1) is 17.9. The Hall–Kier alpha value is -5.26. The van der Waals surface area contributed by atoms with Gasteiger partial charge in [0.15, 0.2) is 17.2 Å². The van der Waals surface area contributed by atoms with E-state index in [-0.39, 0.29) is 11.6 Å². The van der Waals surface area contributed by atoms with Gasteiger partial charge in [-0.15, -0.1) is 0 Å². The van der Waals surface area contributed by atoms with E-state index in [9.17, 15) is 4.79 Å². The van der Waals surface area contributed by atoms with Crippen molar-refractivity contribution in [2.75, 3.05) is 25.3 Å². The van der Waals surface area contributed by atoms with Crippen molar-refractivity contribution >= 4 is 28.6 Å². The highest BCUT2D eigenvalue weighted by Crippen LogP contribution is 2.36. The van der Waals surface area contributed by atoms with E-state index in [0.29, 0.717) is 45.6 Å². The third kappa shape index (κ3) is 4.80. The monoisotopic (exact) mass is 498 g/mol. The molecule has 0 atom stereocenters. The second kappa shape index (κ2) is 9.77. The molecule has 4 heterocycles. The quantitative estimate of drug-likeness (QED) is 0.341. The number of amides is 1. The molecule has 0 saturated carbocycles. The van der Waals surface area contributed by atoms with Crippen LogP contribution < -0.4 is 25.3 Å². The molecule has 5 rings (SSSR count). The molecule has 0 unspecified atom stereocenters. The van der Waals surface area contributed by atoms with E-state index in [4.69, 9.17) is 19.9 Å². The lowest BCUT2D eigenvalue weighted by molar-refractivity contribution is 0.102. The number of fused-ring (bicyclic) bond motifs is 1. The minimum atomic E-state index is -0.407. The molecule has 0 radical (unpaired) electrons. The van der Waals surface area contributed by atoms with Gasteiger partial charge in [0, 0.05) is 29.4 Å². The topological polar surface area (TPSA) is 152 Å². The fourth-order valence-electron chi connectivity index (χ4n) is 3.62. The summed E-state index contributed by atoms with van der Waals surface area (Å²) in [6.45, 7) is 1.78. The fraction of sp³-hybridized carbons (Fsp3) is 0.120. The van der Waals surface area contributed by atoms with Gasteiger partial charge in [-0.2, -0.15) is 5.10 Å². The summed E-state index contributed by atoms with van der Waals surface area (Å²) in [6.07, 6.45) is 7.91. The summed E-state index contributed by atoms with van der Waals surface area (Å²) in [6, 6.07) is 8.67. The number of hydrogen-bond acceptors (Lipinski definition) is 10. The van der Waals surface area contributed by atoms with Crippen molar-refractivity contribution in [1.29, 1.82) is 0 Å². The van der Waals surface area contributed by atoms with Crippen molar-refractivity contribution in [2.24, 2.45) is 0 Å². The minimum absolute atomic E-state index is 0.154. The molecule has 1 amide bonds. The molecule has 12 heteroatoms. The standard InChI is InChI=1S/C25H22N8O4/c1-14-13-33(15-10-29-25(26)30-11-15)32-23(14)24(34)31-22-5-4-16(12-28-22)37-19-6-7-27-18-9-21(36-3)20(35-2)8-17(18)19/h4-13H,1-3H3,(H2,26,29,30)(H,28,31,34). The maximum Gasteiger partial charge on any atom is 0.277 e. The van der Waals surface area contributed by atoms with Crippen LogP contribution in [-0.2, 0) is 0 Å².